The number of nitrogens with zero attached hydrogens (tertiary/aromatic N) is 2. The summed E-state index contributed by atoms with van der Waals surface area (Å²) in [6, 6.07) is 8.33. The predicted octanol–water partition coefficient (Wildman–Crippen LogP) is 2.70. The molecule has 0 fully saturated rings. The Morgan fingerprint density at radius 2 is 2.14 bits per heavy atom. The van der Waals surface area contributed by atoms with E-state index in [9.17, 15) is 0 Å². The number of hydrogen-bond donors (Lipinski definition) is 0. The lowest BCUT2D eigenvalue weighted by molar-refractivity contribution is 1.06. The van der Waals surface area contributed by atoms with Gasteiger partial charge in [-0.3, -0.25) is 0 Å². The van der Waals surface area contributed by atoms with E-state index in [2.05, 4.69) is 22.1 Å². The largest absolute Gasteiger partial charge is 0.236 e. The molecule has 0 unspecified atom stereocenters. The van der Waals surface area contributed by atoms with E-state index in [1.807, 2.05) is 12.1 Å². The van der Waals surface area contributed by atoms with Crippen LogP contribution in [0.5, 0.6) is 0 Å². The van der Waals surface area contributed by atoms with Gasteiger partial charge < -0.3 is 0 Å². The van der Waals surface area contributed by atoms with Crippen LogP contribution in [0.4, 0.5) is 0 Å². The molecule has 1 aliphatic rings. The van der Waals surface area contributed by atoms with Crippen molar-refractivity contribution < 1.29 is 0 Å². The zero-order valence-electron chi connectivity index (χ0n) is 7.37. The van der Waals surface area contributed by atoms with E-state index in [1.54, 1.807) is 0 Å². The lowest BCUT2D eigenvalue weighted by Crippen LogP contribution is -2.03. The van der Waals surface area contributed by atoms with Gasteiger partial charge in [-0.1, -0.05) is 29.8 Å². The van der Waals surface area contributed by atoms with Crippen LogP contribution in [0.15, 0.2) is 30.6 Å². The average Bonchev–Trinajstić information content (AvgIpc) is 2.20. The lowest BCUT2D eigenvalue weighted by Gasteiger charge is -2.15. The van der Waals surface area contributed by atoms with Crippen molar-refractivity contribution in [3.8, 4) is 11.3 Å². The van der Waals surface area contributed by atoms with Gasteiger partial charge in [-0.25, -0.2) is 9.97 Å². The molecule has 0 spiro atoms. The highest BCUT2D eigenvalue weighted by atomic mass is 35.5. The summed E-state index contributed by atoms with van der Waals surface area (Å²) in [5.74, 6) is 0. The fourth-order valence-corrected chi connectivity index (χ4v) is 2.03. The molecule has 2 aromatic rings. The minimum absolute atomic E-state index is 0.571. The number of halogens is 1. The van der Waals surface area contributed by atoms with Crippen molar-refractivity contribution in [2.75, 3.05) is 0 Å². The summed E-state index contributed by atoms with van der Waals surface area (Å²) in [6.07, 6.45) is 2.35. The standard InChI is InChI=1S/C11H7ClN2/c12-11-9-5-7-2-1-3-8(4-7)10(9)13-6-14-11/h1-4,6H,5H2. The Morgan fingerprint density at radius 3 is 3.07 bits per heavy atom. The van der Waals surface area contributed by atoms with E-state index >= 15 is 0 Å². The third-order valence-corrected chi connectivity index (χ3v) is 2.80. The Morgan fingerprint density at radius 1 is 1.21 bits per heavy atom. The molecule has 1 heterocycles. The molecule has 0 atom stereocenters. The molecule has 0 amide bonds. The Labute approximate surface area is 86.6 Å². The van der Waals surface area contributed by atoms with Crippen molar-refractivity contribution in [1.82, 2.24) is 9.97 Å². The van der Waals surface area contributed by atoms with Crippen LogP contribution in [-0.2, 0) is 6.42 Å². The van der Waals surface area contributed by atoms with E-state index in [0.29, 0.717) is 5.15 Å². The molecule has 3 rings (SSSR count). The Hall–Kier alpha value is -1.41. The molecule has 0 saturated carbocycles. The fraction of sp³-hybridized carbons (Fsp3) is 0.0909. The summed E-state index contributed by atoms with van der Waals surface area (Å²) in [5, 5.41) is 0.571. The van der Waals surface area contributed by atoms with E-state index in [0.717, 1.165) is 23.2 Å². The third-order valence-electron chi connectivity index (χ3n) is 2.47. The molecular formula is C11H7ClN2. The van der Waals surface area contributed by atoms with Gasteiger partial charge in [-0.05, 0) is 11.6 Å². The van der Waals surface area contributed by atoms with Gasteiger partial charge in [0.1, 0.15) is 11.5 Å². The number of hydrogen-bond acceptors (Lipinski definition) is 2. The van der Waals surface area contributed by atoms with Crippen LogP contribution in [-0.4, -0.2) is 9.97 Å². The summed E-state index contributed by atoms with van der Waals surface area (Å²) in [5.41, 5.74) is 4.42. The van der Waals surface area contributed by atoms with Gasteiger partial charge in [0.25, 0.3) is 0 Å². The van der Waals surface area contributed by atoms with Crippen LogP contribution in [0.3, 0.4) is 0 Å². The monoisotopic (exact) mass is 202 g/mol. The maximum Gasteiger partial charge on any atom is 0.136 e. The molecule has 0 aliphatic heterocycles. The van der Waals surface area contributed by atoms with Crippen molar-refractivity contribution in [2.24, 2.45) is 0 Å². The Bertz CT molecular complexity index is 508. The van der Waals surface area contributed by atoms with Crippen molar-refractivity contribution >= 4 is 11.6 Å². The van der Waals surface area contributed by atoms with Gasteiger partial charge in [-0.2, -0.15) is 0 Å². The summed E-state index contributed by atoms with van der Waals surface area (Å²) < 4.78 is 0. The summed E-state index contributed by atoms with van der Waals surface area (Å²) in [7, 11) is 0. The third kappa shape index (κ3) is 1.04. The zero-order chi connectivity index (χ0) is 9.54. The molecule has 0 N–H and O–H groups in total. The normalized spacial score (nSPS) is 12.4. The zero-order valence-corrected chi connectivity index (χ0v) is 8.12. The molecule has 1 aromatic carbocycles. The summed E-state index contributed by atoms with van der Waals surface area (Å²) in [6.45, 7) is 0. The van der Waals surface area contributed by atoms with Crippen LogP contribution in [0.1, 0.15) is 11.1 Å². The maximum atomic E-state index is 6.02. The van der Waals surface area contributed by atoms with Crippen LogP contribution in [0.25, 0.3) is 11.3 Å². The average molecular weight is 203 g/mol. The predicted molar refractivity (Wildman–Crippen MR) is 55.3 cm³/mol. The molecule has 2 nitrogen and oxygen atoms in total. The summed E-state index contributed by atoms with van der Waals surface area (Å²) >= 11 is 6.02. The second-order valence-electron chi connectivity index (χ2n) is 3.37. The Kier molecular flexibility index (Phi) is 1.58. The first-order valence-corrected chi connectivity index (χ1v) is 4.81. The number of benzene rings is 1. The number of fused-ring (bicyclic) bond motifs is 4. The van der Waals surface area contributed by atoms with Crippen molar-refractivity contribution in [2.45, 2.75) is 6.42 Å². The molecule has 1 aromatic heterocycles. The highest BCUT2D eigenvalue weighted by Crippen LogP contribution is 2.32. The minimum Gasteiger partial charge on any atom is -0.236 e. The van der Waals surface area contributed by atoms with Gasteiger partial charge in [0.05, 0.1) is 5.69 Å². The topological polar surface area (TPSA) is 25.8 Å². The second kappa shape index (κ2) is 2.79. The van der Waals surface area contributed by atoms with Gasteiger partial charge in [0, 0.05) is 17.5 Å². The molecule has 3 heteroatoms. The minimum atomic E-state index is 0.571. The smallest absolute Gasteiger partial charge is 0.136 e. The molecule has 68 valence electrons. The highest BCUT2D eigenvalue weighted by molar-refractivity contribution is 6.30. The second-order valence-corrected chi connectivity index (χ2v) is 3.73. The van der Waals surface area contributed by atoms with Crippen LogP contribution < -0.4 is 0 Å². The molecule has 2 bridgehead atoms. The van der Waals surface area contributed by atoms with Crippen molar-refractivity contribution in [1.29, 1.82) is 0 Å². The van der Waals surface area contributed by atoms with Crippen LogP contribution in [0.2, 0.25) is 5.15 Å². The van der Waals surface area contributed by atoms with Crippen molar-refractivity contribution in [3.05, 3.63) is 46.9 Å². The van der Waals surface area contributed by atoms with Crippen LogP contribution >= 0.6 is 11.6 Å². The number of rotatable bonds is 0. The van der Waals surface area contributed by atoms with E-state index in [4.69, 9.17) is 11.6 Å². The van der Waals surface area contributed by atoms with Crippen LogP contribution in [0, 0.1) is 0 Å². The number of aromatic nitrogens is 2. The van der Waals surface area contributed by atoms with Gasteiger partial charge in [0.2, 0.25) is 0 Å². The molecule has 0 saturated heterocycles. The molecule has 1 aliphatic carbocycles. The lowest BCUT2D eigenvalue weighted by atomic mass is 9.93. The maximum absolute atomic E-state index is 6.02. The van der Waals surface area contributed by atoms with E-state index in [1.165, 1.54) is 11.9 Å². The molecule has 14 heavy (non-hydrogen) atoms. The van der Waals surface area contributed by atoms with E-state index in [-0.39, 0.29) is 0 Å². The quantitative estimate of drug-likeness (QED) is 0.524. The SMILES string of the molecule is Clc1ncnc2c1Cc1cccc-2c1. The molecular weight excluding hydrogens is 196 g/mol. The van der Waals surface area contributed by atoms with Gasteiger partial charge in [-0.15, -0.1) is 0 Å². The first-order valence-electron chi connectivity index (χ1n) is 4.43. The highest BCUT2D eigenvalue weighted by Gasteiger charge is 2.16. The summed E-state index contributed by atoms with van der Waals surface area (Å²) in [4.78, 5) is 8.25. The van der Waals surface area contributed by atoms with E-state index < -0.39 is 0 Å². The first-order chi connectivity index (χ1) is 6.84. The van der Waals surface area contributed by atoms with Gasteiger partial charge >= 0.3 is 0 Å². The molecule has 0 radical (unpaired) electrons. The first kappa shape index (κ1) is 7.94. The fourth-order valence-electron chi connectivity index (χ4n) is 1.83. The van der Waals surface area contributed by atoms with Crippen molar-refractivity contribution in [3.63, 3.8) is 0 Å². The van der Waals surface area contributed by atoms with Gasteiger partial charge in [0.15, 0.2) is 0 Å². The Balaban J connectivity index is 2.35.